The van der Waals surface area contributed by atoms with Crippen LogP contribution in [0.15, 0.2) is 30.3 Å². The maximum Gasteiger partial charge on any atom is 0.103 e. The molecule has 0 bridgehead atoms. The van der Waals surface area contributed by atoms with Gasteiger partial charge in [-0.1, -0.05) is 11.5 Å². The predicted molar refractivity (Wildman–Crippen MR) is 57.2 cm³/mol. The summed E-state index contributed by atoms with van der Waals surface area (Å²) in [5.74, 6) is 0.955. The fourth-order valence-corrected chi connectivity index (χ4v) is 1.80. The first-order valence-corrected chi connectivity index (χ1v) is 4.60. The van der Waals surface area contributed by atoms with Gasteiger partial charge in [-0.25, -0.2) is 4.98 Å². The molecule has 0 fully saturated rings. The van der Waals surface area contributed by atoms with Crippen molar-refractivity contribution in [1.82, 2.24) is 9.97 Å². The summed E-state index contributed by atoms with van der Waals surface area (Å²) < 4.78 is 0. The molecule has 71 valence electrons. The van der Waals surface area contributed by atoms with E-state index in [1.807, 2.05) is 25.1 Å². The second-order valence-corrected chi connectivity index (χ2v) is 3.42. The van der Waals surface area contributed by atoms with E-state index >= 15 is 0 Å². The van der Waals surface area contributed by atoms with Gasteiger partial charge in [0.1, 0.15) is 5.82 Å². The zero-order chi connectivity index (χ0) is 9.54. The molecule has 1 heterocycles. The molecule has 0 aliphatic heterocycles. The first-order chi connectivity index (χ1) is 6.84. The average molecular weight is 270 g/mol. The molecule has 0 unspecified atom stereocenters. The van der Waals surface area contributed by atoms with Gasteiger partial charge in [-0.15, -0.1) is 35.7 Å². The Kier molecular flexibility index (Phi) is 2.90. The summed E-state index contributed by atoms with van der Waals surface area (Å²) in [4.78, 5) is 7.69. The molecule has 15 heavy (non-hydrogen) atoms. The molecule has 0 aliphatic carbocycles. The van der Waals surface area contributed by atoms with E-state index in [9.17, 15) is 0 Å². The zero-order valence-electron chi connectivity index (χ0n) is 8.41. The van der Waals surface area contributed by atoms with Crippen molar-refractivity contribution in [2.75, 3.05) is 0 Å². The number of nitrogens with one attached hydrogen (secondary N) is 1. The van der Waals surface area contributed by atoms with Crippen molar-refractivity contribution in [3.05, 3.63) is 42.2 Å². The number of nitrogens with zero attached hydrogens (tertiary/aromatic N) is 1. The molecule has 1 N–H and O–H groups in total. The van der Waals surface area contributed by atoms with Crippen molar-refractivity contribution in [3.63, 3.8) is 0 Å². The molecule has 0 amide bonds. The molecule has 0 atom stereocenters. The van der Waals surface area contributed by atoms with E-state index in [0.29, 0.717) is 0 Å². The number of imidazole rings is 1. The van der Waals surface area contributed by atoms with Gasteiger partial charge in [0.2, 0.25) is 0 Å². The molecular weight excluding hydrogens is 261 g/mol. The third-order valence-electron chi connectivity index (χ3n) is 2.41. The summed E-state index contributed by atoms with van der Waals surface area (Å²) in [5, 5.41) is 2.28. The number of aromatic nitrogens is 2. The Morgan fingerprint density at radius 1 is 1.27 bits per heavy atom. The molecule has 1 radical (unpaired) electrons. The summed E-state index contributed by atoms with van der Waals surface area (Å²) >= 11 is 0. The van der Waals surface area contributed by atoms with Crippen LogP contribution in [-0.2, 0) is 32.7 Å². The van der Waals surface area contributed by atoms with Gasteiger partial charge in [-0.3, -0.25) is 0 Å². The van der Waals surface area contributed by atoms with Crippen LogP contribution >= 0.6 is 0 Å². The predicted octanol–water partition coefficient (Wildman–Crippen LogP) is 2.82. The van der Waals surface area contributed by atoms with Crippen LogP contribution in [0.2, 0.25) is 0 Å². The maximum absolute atomic E-state index is 4.47. The van der Waals surface area contributed by atoms with Gasteiger partial charge in [-0.2, -0.15) is 0 Å². The molecule has 0 spiro atoms. The van der Waals surface area contributed by atoms with Crippen LogP contribution in [0.5, 0.6) is 0 Å². The molecule has 0 saturated carbocycles. The monoisotopic (exact) mass is 270 g/mol. The number of hydrogen-bond donors (Lipinski definition) is 1. The summed E-state index contributed by atoms with van der Waals surface area (Å²) in [6, 6.07) is 13.3. The van der Waals surface area contributed by atoms with Crippen LogP contribution in [0, 0.1) is 13.0 Å². The van der Waals surface area contributed by atoms with Crippen molar-refractivity contribution in [2.24, 2.45) is 0 Å². The summed E-state index contributed by atoms with van der Waals surface area (Å²) in [7, 11) is 0. The van der Waals surface area contributed by atoms with Gasteiger partial charge < -0.3 is 4.98 Å². The standard InChI is InChI=1S/C12H9N2.Y/c1-8-13-11-7-6-9-4-2-3-5-10(9)12(11)14-8;/h2-3,5-7H,1H3,(H,13,14);/q-1;. The Hall–Kier alpha value is -0.726. The Morgan fingerprint density at radius 2 is 2.13 bits per heavy atom. The van der Waals surface area contributed by atoms with E-state index in [1.165, 1.54) is 0 Å². The fraction of sp³-hybridized carbons (Fsp3) is 0.0833. The first kappa shape index (κ1) is 10.8. The first-order valence-electron chi connectivity index (χ1n) is 4.60. The molecule has 2 nitrogen and oxygen atoms in total. The van der Waals surface area contributed by atoms with Crippen molar-refractivity contribution in [3.8, 4) is 0 Å². The molecule has 3 aromatic rings. The van der Waals surface area contributed by atoms with Gasteiger partial charge in [0, 0.05) is 38.2 Å². The van der Waals surface area contributed by atoms with Gasteiger partial charge in [0.05, 0.1) is 5.52 Å². The Balaban J connectivity index is 0.000000853. The SMILES string of the molecule is Cc1nc2c(ccc3[c-]cccc32)[nH]1.[Y]. The van der Waals surface area contributed by atoms with Crippen LogP contribution in [0.3, 0.4) is 0 Å². The van der Waals surface area contributed by atoms with E-state index in [4.69, 9.17) is 0 Å². The third-order valence-corrected chi connectivity index (χ3v) is 2.41. The quantitative estimate of drug-likeness (QED) is 0.625. The molecule has 0 aliphatic rings. The van der Waals surface area contributed by atoms with Crippen LogP contribution < -0.4 is 0 Å². The van der Waals surface area contributed by atoms with E-state index < -0.39 is 0 Å². The van der Waals surface area contributed by atoms with E-state index in [2.05, 4.69) is 28.2 Å². The average Bonchev–Trinajstić information content (AvgIpc) is 2.59. The van der Waals surface area contributed by atoms with Crippen molar-refractivity contribution < 1.29 is 32.7 Å². The molecule has 3 heteroatoms. The van der Waals surface area contributed by atoms with E-state index in [-0.39, 0.29) is 32.7 Å². The number of aromatic amines is 1. The minimum absolute atomic E-state index is 0. The molecule has 3 rings (SSSR count). The van der Waals surface area contributed by atoms with E-state index in [0.717, 1.165) is 27.6 Å². The Bertz CT molecular complexity index is 613. The van der Waals surface area contributed by atoms with Crippen LogP contribution in [0.4, 0.5) is 0 Å². The minimum atomic E-state index is 0. The smallest absolute Gasteiger partial charge is 0.103 e. The van der Waals surface area contributed by atoms with Gasteiger partial charge in [-0.05, 0) is 6.92 Å². The largest absolute Gasteiger partial charge is 0.344 e. The molecule has 1 aromatic heterocycles. The molecular formula is C12H9N2Y-. The van der Waals surface area contributed by atoms with Crippen molar-refractivity contribution in [1.29, 1.82) is 0 Å². The van der Waals surface area contributed by atoms with Crippen molar-refractivity contribution >= 4 is 21.8 Å². The van der Waals surface area contributed by atoms with Crippen LogP contribution in [-0.4, -0.2) is 9.97 Å². The number of hydrogen-bond acceptors (Lipinski definition) is 1. The zero-order valence-corrected chi connectivity index (χ0v) is 11.2. The van der Waals surface area contributed by atoms with Crippen LogP contribution in [0.25, 0.3) is 21.8 Å². The summed E-state index contributed by atoms with van der Waals surface area (Å²) in [6.07, 6.45) is 0. The van der Waals surface area contributed by atoms with Gasteiger partial charge >= 0.3 is 0 Å². The maximum atomic E-state index is 4.47. The summed E-state index contributed by atoms with van der Waals surface area (Å²) in [6.45, 7) is 1.97. The number of benzene rings is 2. The number of H-pyrrole nitrogens is 1. The minimum Gasteiger partial charge on any atom is -0.344 e. The normalized spacial score (nSPS) is 10.5. The van der Waals surface area contributed by atoms with Crippen LogP contribution in [0.1, 0.15) is 5.82 Å². The van der Waals surface area contributed by atoms with E-state index in [1.54, 1.807) is 0 Å². The topological polar surface area (TPSA) is 28.7 Å². The third kappa shape index (κ3) is 1.72. The second kappa shape index (κ2) is 4.03. The van der Waals surface area contributed by atoms with Crippen molar-refractivity contribution in [2.45, 2.75) is 6.92 Å². The molecule has 0 saturated heterocycles. The van der Waals surface area contributed by atoms with Gasteiger partial charge in [0.15, 0.2) is 0 Å². The summed E-state index contributed by atoms with van der Waals surface area (Å²) in [5.41, 5.74) is 2.13. The second-order valence-electron chi connectivity index (χ2n) is 3.42. The fourth-order valence-electron chi connectivity index (χ4n) is 1.80. The molecule has 2 aromatic carbocycles. The number of fused-ring (bicyclic) bond motifs is 3. The van der Waals surface area contributed by atoms with Gasteiger partial charge in [0.25, 0.3) is 0 Å². The number of rotatable bonds is 0. The number of aryl methyl sites for hydroxylation is 1. The Labute approximate surface area is 113 Å². The Morgan fingerprint density at radius 3 is 3.00 bits per heavy atom.